The topological polar surface area (TPSA) is 86.6 Å². The molecule has 1 aromatic carbocycles. The van der Waals surface area contributed by atoms with E-state index in [1.807, 2.05) is 13.0 Å². The van der Waals surface area contributed by atoms with E-state index in [9.17, 15) is 14.9 Å². The number of nitrogens with zero attached hydrogens (tertiary/aromatic N) is 2. The average molecular weight is 302 g/mol. The number of fused-ring (bicyclic) bond motifs is 1. The highest BCUT2D eigenvalue weighted by Gasteiger charge is 2.43. The van der Waals surface area contributed by atoms with Crippen LogP contribution in [0.25, 0.3) is 10.9 Å². The predicted octanol–water partition coefficient (Wildman–Crippen LogP) is 2.41. The number of hydrogen-bond donors (Lipinski definition) is 1. The molecule has 3 rings (SSSR count). The van der Waals surface area contributed by atoms with E-state index in [1.54, 1.807) is 18.2 Å². The first kappa shape index (κ1) is 13.8. The van der Waals surface area contributed by atoms with Gasteiger partial charge in [0.15, 0.2) is 11.7 Å². The molecule has 0 aliphatic heterocycles. The van der Waals surface area contributed by atoms with E-state index in [0.717, 1.165) is 6.42 Å². The Labute approximate surface area is 125 Å². The minimum Gasteiger partial charge on any atom is -0.308 e. The van der Waals surface area contributed by atoms with Crippen molar-refractivity contribution in [2.24, 2.45) is 11.8 Å². The summed E-state index contributed by atoms with van der Waals surface area (Å²) in [5, 5.41) is 10.1. The van der Waals surface area contributed by atoms with Crippen molar-refractivity contribution in [2.75, 3.05) is 0 Å². The minimum atomic E-state index is -1.03. The van der Waals surface area contributed by atoms with Crippen LogP contribution >= 0.6 is 11.6 Å². The van der Waals surface area contributed by atoms with E-state index in [0.29, 0.717) is 21.8 Å². The zero-order chi connectivity index (χ0) is 15.1. The molecule has 0 spiro atoms. The maximum Gasteiger partial charge on any atom is 0.258 e. The Morgan fingerprint density at radius 3 is 2.90 bits per heavy atom. The number of nitrogens with one attached hydrogen (secondary N) is 1. The van der Waals surface area contributed by atoms with Gasteiger partial charge in [-0.05, 0) is 30.5 Å². The first-order valence-electron chi connectivity index (χ1n) is 6.64. The van der Waals surface area contributed by atoms with Crippen LogP contribution in [0.15, 0.2) is 23.0 Å². The lowest BCUT2D eigenvalue weighted by atomic mass is 10.00. The number of halogens is 1. The normalized spacial score (nSPS) is 21.8. The van der Waals surface area contributed by atoms with Crippen molar-refractivity contribution in [1.29, 1.82) is 5.26 Å². The Morgan fingerprint density at radius 2 is 2.29 bits per heavy atom. The Hall–Kier alpha value is -2.19. The molecule has 0 radical (unpaired) electrons. The molecule has 0 unspecified atom stereocenters. The number of rotatable bonds is 3. The number of carbonyl (C=O) groups excluding carboxylic acids is 1. The average Bonchev–Trinajstić information content (AvgIpc) is 3.16. The van der Waals surface area contributed by atoms with Gasteiger partial charge in [0.1, 0.15) is 5.82 Å². The van der Waals surface area contributed by atoms with Gasteiger partial charge in [-0.1, -0.05) is 18.5 Å². The molecule has 1 aliphatic rings. The molecule has 1 aromatic heterocycles. The highest BCUT2D eigenvalue weighted by molar-refractivity contribution is 6.31. The number of nitriles is 1. The summed E-state index contributed by atoms with van der Waals surface area (Å²) in [4.78, 5) is 31.1. The third-order valence-corrected chi connectivity index (χ3v) is 4.08. The second kappa shape index (κ2) is 4.97. The van der Waals surface area contributed by atoms with Crippen molar-refractivity contribution in [3.63, 3.8) is 0 Å². The number of aromatic amines is 1. The maximum absolute atomic E-state index is 12.3. The van der Waals surface area contributed by atoms with Gasteiger partial charge >= 0.3 is 0 Å². The molecule has 1 saturated carbocycles. The number of hydrogen-bond acceptors (Lipinski definition) is 4. The summed E-state index contributed by atoms with van der Waals surface area (Å²) >= 11 is 5.89. The van der Waals surface area contributed by atoms with Gasteiger partial charge in [-0.25, -0.2) is 4.98 Å². The van der Waals surface area contributed by atoms with Crippen LogP contribution < -0.4 is 5.56 Å². The van der Waals surface area contributed by atoms with E-state index in [1.165, 1.54) is 0 Å². The van der Waals surface area contributed by atoms with Crippen LogP contribution in [0.5, 0.6) is 0 Å². The largest absolute Gasteiger partial charge is 0.308 e. The molecule has 106 valence electrons. The van der Waals surface area contributed by atoms with Gasteiger partial charge in [0.2, 0.25) is 0 Å². The van der Waals surface area contributed by atoms with Crippen molar-refractivity contribution < 1.29 is 4.79 Å². The van der Waals surface area contributed by atoms with Gasteiger partial charge in [0, 0.05) is 10.9 Å². The van der Waals surface area contributed by atoms with Crippen LogP contribution in [0.1, 0.15) is 25.1 Å². The first-order valence-corrected chi connectivity index (χ1v) is 7.02. The van der Waals surface area contributed by atoms with Crippen molar-refractivity contribution in [3.8, 4) is 6.07 Å². The van der Waals surface area contributed by atoms with Crippen LogP contribution in [0.4, 0.5) is 0 Å². The van der Waals surface area contributed by atoms with E-state index in [4.69, 9.17) is 11.6 Å². The number of benzene rings is 1. The van der Waals surface area contributed by atoms with Gasteiger partial charge in [-0.3, -0.25) is 9.59 Å². The summed E-state index contributed by atoms with van der Waals surface area (Å²) in [5.74, 6) is -0.906. The summed E-state index contributed by atoms with van der Waals surface area (Å²) in [5.41, 5.74) is 0.0155. The summed E-state index contributed by atoms with van der Waals surface area (Å²) in [6.07, 6.45) is 0.792. The van der Waals surface area contributed by atoms with Gasteiger partial charge in [-0.2, -0.15) is 5.26 Å². The molecule has 2 aromatic rings. The van der Waals surface area contributed by atoms with Crippen LogP contribution in [0.2, 0.25) is 5.02 Å². The number of H-pyrrole nitrogens is 1. The molecule has 1 fully saturated rings. The van der Waals surface area contributed by atoms with Crippen molar-refractivity contribution in [3.05, 3.63) is 39.4 Å². The number of carbonyl (C=O) groups is 1. The molecule has 6 heteroatoms. The molecule has 1 aliphatic carbocycles. The standard InChI is InChI=1S/C15H12ClN3O2/c1-7-4-10(7)13(20)11(6-17)14-18-12-5-8(16)2-3-9(12)15(21)19-14/h2-3,5,7,10-11H,4H2,1H3,(H,18,19,21)/t7-,10-,11+/m1/s1. The molecule has 0 saturated heterocycles. The fraction of sp³-hybridized carbons (Fsp3) is 0.333. The Balaban J connectivity index is 2.09. The second-order valence-corrected chi connectivity index (χ2v) is 5.83. The van der Waals surface area contributed by atoms with Crippen molar-refractivity contribution in [2.45, 2.75) is 19.3 Å². The van der Waals surface area contributed by atoms with E-state index in [-0.39, 0.29) is 23.1 Å². The number of aromatic nitrogens is 2. The van der Waals surface area contributed by atoms with Crippen molar-refractivity contribution >= 4 is 28.3 Å². The molecule has 1 N–H and O–H groups in total. The smallest absolute Gasteiger partial charge is 0.258 e. The second-order valence-electron chi connectivity index (χ2n) is 5.40. The number of Topliss-reactive ketones (excluding diaryl/α,β-unsaturated/α-hetero) is 1. The van der Waals surface area contributed by atoms with Crippen LogP contribution in [-0.4, -0.2) is 15.8 Å². The van der Waals surface area contributed by atoms with Crippen molar-refractivity contribution in [1.82, 2.24) is 9.97 Å². The minimum absolute atomic E-state index is 0.0985. The van der Waals surface area contributed by atoms with Gasteiger partial charge < -0.3 is 4.98 Å². The highest BCUT2D eigenvalue weighted by Crippen LogP contribution is 2.41. The highest BCUT2D eigenvalue weighted by atomic mass is 35.5. The quantitative estimate of drug-likeness (QED) is 0.943. The summed E-state index contributed by atoms with van der Waals surface area (Å²) in [6.45, 7) is 1.97. The molecular weight excluding hydrogens is 290 g/mol. The van der Waals surface area contributed by atoms with E-state index < -0.39 is 5.92 Å². The molecule has 0 bridgehead atoms. The fourth-order valence-electron chi connectivity index (χ4n) is 2.46. The maximum atomic E-state index is 12.3. The molecule has 5 nitrogen and oxygen atoms in total. The first-order chi connectivity index (χ1) is 10.0. The Morgan fingerprint density at radius 1 is 1.57 bits per heavy atom. The summed E-state index contributed by atoms with van der Waals surface area (Å²) < 4.78 is 0. The fourth-order valence-corrected chi connectivity index (χ4v) is 2.63. The molecule has 21 heavy (non-hydrogen) atoms. The van der Waals surface area contributed by atoms with E-state index in [2.05, 4.69) is 9.97 Å². The lowest BCUT2D eigenvalue weighted by Crippen LogP contribution is -2.21. The molecular formula is C15H12ClN3O2. The third kappa shape index (κ3) is 2.43. The lowest BCUT2D eigenvalue weighted by molar-refractivity contribution is -0.120. The Kier molecular flexibility index (Phi) is 3.26. The van der Waals surface area contributed by atoms with Crippen LogP contribution in [0, 0.1) is 23.2 Å². The molecule has 1 heterocycles. The zero-order valence-corrected chi connectivity index (χ0v) is 12.0. The number of ketones is 1. The van der Waals surface area contributed by atoms with Crippen LogP contribution in [-0.2, 0) is 4.79 Å². The molecule has 3 atom stereocenters. The Bertz CT molecular complexity index is 837. The third-order valence-electron chi connectivity index (χ3n) is 3.85. The van der Waals surface area contributed by atoms with Gasteiger partial charge in [-0.15, -0.1) is 0 Å². The van der Waals surface area contributed by atoms with Gasteiger partial charge in [0.25, 0.3) is 5.56 Å². The lowest BCUT2D eigenvalue weighted by Gasteiger charge is -2.08. The molecule has 0 amide bonds. The van der Waals surface area contributed by atoms with Gasteiger partial charge in [0.05, 0.1) is 17.0 Å². The summed E-state index contributed by atoms with van der Waals surface area (Å²) in [7, 11) is 0. The summed E-state index contributed by atoms with van der Waals surface area (Å²) in [6, 6.07) is 6.67. The van der Waals surface area contributed by atoms with Crippen LogP contribution in [0.3, 0.4) is 0 Å². The van der Waals surface area contributed by atoms with E-state index >= 15 is 0 Å². The zero-order valence-electron chi connectivity index (χ0n) is 11.3. The monoisotopic (exact) mass is 301 g/mol. The SMILES string of the molecule is C[C@@H]1C[C@H]1C(=O)[C@H](C#N)c1nc2cc(Cl)ccc2c(=O)[nH]1. The predicted molar refractivity (Wildman–Crippen MR) is 78.0 cm³/mol.